The van der Waals surface area contributed by atoms with Gasteiger partial charge >= 0.3 is 0 Å². The Bertz CT molecular complexity index is 450. The standard InChI is InChI=1S/C9H14N2O2S2/c1-6(10)8-4-11-9(14-8)7-2-3-15(12,13)5-7/h4,6-7H,2-3,5,10H2,1H3. The highest BCUT2D eigenvalue weighted by Gasteiger charge is 2.31. The van der Waals surface area contributed by atoms with E-state index in [0.29, 0.717) is 12.2 Å². The lowest BCUT2D eigenvalue weighted by Gasteiger charge is -2.01. The molecule has 2 heterocycles. The first-order chi connectivity index (χ1) is 6.98. The topological polar surface area (TPSA) is 73.0 Å². The number of aromatic nitrogens is 1. The SMILES string of the molecule is CC(N)c1cnc(C2CCS(=O)(=O)C2)s1. The third kappa shape index (κ3) is 2.38. The summed E-state index contributed by atoms with van der Waals surface area (Å²) in [4.78, 5) is 5.28. The lowest BCUT2D eigenvalue weighted by Crippen LogP contribution is -2.03. The second-order valence-electron chi connectivity index (χ2n) is 3.99. The van der Waals surface area contributed by atoms with Gasteiger partial charge in [0.1, 0.15) is 0 Å². The molecule has 15 heavy (non-hydrogen) atoms. The Morgan fingerprint density at radius 2 is 2.40 bits per heavy atom. The largest absolute Gasteiger partial charge is 0.323 e. The van der Waals surface area contributed by atoms with Gasteiger partial charge in [0, 0.05) is 23.0 Å². The van der Waals surface area contributed by atoms with Crippen molar-refractivity contribution in [3.8, 4) is 0 Å². The summed E-state index contributed by atoms with van der Waals surface area (Å²) in [5, 5.41) is 0.920. The minimum absolute atomic E-state index is 0.0192. The molecule has 6 heteroatoms. The molecule has 1 aliphatic rings. The Morgan fingerprint density at radius 3 is 2.87 bits per heavy atom. The molecule has 1 saturated heterocycles. The average molecular weight is 246 g/mol. The lowest BCUT2D eigenvalue weighted by atomic mass is 10.1. The minimum atomic E-state index is -2.82. The third-order valence-electron chi connectivity index (χ3n) is 2.57. The van der Waals surface area contributed by atoms with E-state index in [1.165, 1.54) is 11.3 Å². The van der Waals surface area contributed by atoms with Crippen molar-refractivity contribution in [2.75, 3.05) is 11.5 Å². The van der Waals surface area contributed by atoms with Gasteiger partial charge in [-0.1, -0.05) is 0 Å². The molecular formula is C9H14N2O2S2. The molecule has 84 valence electrons. The normalized spacial score (nSPS) is 26.7. The molecule has 4 nitrogen and oxygen atoms in total. The third-order valence-corrected chi connectivity index (χ3v) is 5.70. The van der Waals surface area contributed by atoms with Crippen LogP contribution in [0.25, 0.3) is 0 Å². The van der Waals surface area contributed by atoms with E-state index in [1.807, 2.05) is 6.92 Å². The number of nitrogens with zero attached hydrogens (tertiary/aromatic N) is 1. The molecule has 2 unspecified atom stereocenters. The summed E-state index contributed by atoms with van der Waals surface area (Å²) in [5.41, 5.74) is 5.73. The number of thiazole rings is 1. The molecule has 1 aliphatic heterocycles. The van der Waals surface area contributed by atoms with Crippen LogP contribution in [-0.2, 0) is 9.84 Å². The van der Waals surface area contributed by atoms with Gasteiger partial charge in [0.25, 0.3) is 0 Å². The summed E-state index contributed by atoms with van der Waals surface area (Å²) >= 11 is 1.54. The van der Waals surface area contributed by atoms with E-state index >= 15 is 0 Å². The van der Waals surface area contributed by atoms with Crippen molar-refractivity contribution in [1.29, 1.82) is 0 Å². The lowest BCUT2D eigenvalue weighted by molar-refractivity contribution is 0.601. The number of sulfone groups is 1. The van der Waals surface area contributed by atoms with Gasteiger partial charge in [-0.25, -0.2) is 13.4 Å². The van der Waals surface area contributed by atoms with E-state index in [9.17, 15) is 8.42 Å². The summed E-state index contributed by atoms with van der Waals surface area (Å²) < 4.78 is 22.6. The maximum Gasteiger partial charge on any atom is 0.151 e. The van der Waals surface area contributed by atoms with Crippen LogP contribution in [0.4, 0.5) is 0 Å². The summed E-state index contributed by atoms with van der Waals surface area (Å²) in [6.07, 6.45) is 2.46. The number of nitrogens with two attached hydrogens (primary N) is 1. The second-order valence-corrected chi connectivity index (χ2v) is 7.31. The van der Waals surface area contributed by atoms with Crippen molar-refractivity contribution in [1.82, 2.24) is 4.98 Å². The maximum atomic E-state index is 11.3. The van der Waals surface area contributed by atoms with Crippen LogP contribution >= 0.6 is 11.3 Å². The van der Waals surface area contributed by atoms with Crippen LogP contribution in [0.2, 0.25) is 0 Å². The highest BCUT2D eigenvalue weighted by atomic mass is 32.2. The highest BCUT2D eigenvalue weighted by Crippen LogP contribution is 2.32. The van der Waals surface area contributed by atoms with Crippen molar-refractivity contribution in [3.05, 3.63) is 16.1 Å². The zero-order valence-corrected chi connectivity index (χ0v) is 10.1. The predicted molar refractivity (Wildman–Crippen MR) is 60.7 cm³/mol. The van der Waals surface area contributed by atoms with Crippen LogP contribution in [0, 0.1) is 0 Å². The molecule has 1 aromatic rings. The summed E-state index contributed by atoms with van der Waals surface area (Å²) in [6.45, 7) is 1.91. The molecule has 2 atom stereocenters. The zero-order chi connectivity index (χ0) is 11.1. The Kier molecular flexibility index (Phi) is 2.83. The summed E-state index contributed by atoms with van der Waals surface area (Å²) in [6, 6.07) is -0.0192. The second kappa shape index (κ2) is 3.84. The van der Waals surface area contributed by atoms with Crippen molar-refractivity contribution >= 4 is 21.2 Å². The molecule has 0 spiro atoms. The first-order valence-corrected chi connectivity index (χ1v) is 7.53. The van der Waals surface area contributed by atoms with Crippen molar-refractivity contribution < 1.29 is 8.42 Å². The van der Waals surface area contributed by atoms with Crippen LogP contribution in [0.1, 0.15) is 35.2 Å². The molecule has 0 aromatic carbocycles. The maximum absolute atomic E-state index is 11.3. The number of rotatable bonds is 2. The summed E-state index contributed by atoms with van der Waals surface area (Å²) in [7, 11) is -2.82. The van der Waals surface area contributed by atoms with Gasteiger partial charge < -0.3 is 5.73 Å². The predicted octanol–water partition coefficient (Wildman–Crippen LogP) is 1.06. The number of hydrogen-bond acceptors (Lipinski definition) is 5. The van der Waals surface area contributed by atoms with E-state index in [4.69, 9.17) is 5.73 Å². The fourth-order valence-electron chi connectivity index (χ4n) is 1.69. The van der Waals surface area contributed by atoms with Gasteiger partial charge in [-0.15, -0.1) is 11.3 Å². The van der Waals surface area contributed by atoms with Crippen molar-refractivity contribution in [2.24, 2.45) is 5.73 Å². The van der Waals surface area contributed by atoms with Gasteiger partial charge in [0.2, 0.25) is 0 Å². The Labute approximate surface area is 93.4 Å². The van der Waals surface area contributed by atoms with E-state index in [0.717, 1.165) is 9.88 Å². The van der Waals surface area contributed by atoms with Crippen LogP contribution in [0.15, 0.2) is 6.20 Å². The molecule has 0 amide bonds. The van der Waals surface area contributed by atoms with E-state index in [1.54, 1.807) is 6.20 Å². The first-order valence-electron chi connectivity index (χ1n) is 4.89. The van der Waals surface area contributed by atoms with E-state index in [-0.39, 0.29) is 17.7 Å². The smallest absolute Gasteiger partial charge is 0.151 e. The monoisotopic (exact) mass is 246 g/mol. The van der Waals surface area contributed by atoms with Gasteiger partial charge in [-0.05, 0) is 13.3 Å². The molecule has 0 bridgehead atoms. The Morgan fingerprint density at radius 1 is 1.67 bits per heavy atom. The van der Waals surface area contributed by atoms with Crippen LogP contribution in [0.3, 0.4) is 0 Å². The summed E-state index contributed by atoms with van der Waals surface area (Å²) in [5.74, 6) is 0.636. The molecule has 2 rings (SSSR count). The first kappa shape index (κ1) is 11.0. The van der Waals surface area contributed by atoms with Gasteiger partial charge in [0.15, 0.2) is 9.84 Å². The number of hydrogen-bond donors (Lipinski definition) is 1. The van der Waals surface area contributed by atoms with E-state index < -0.39 is 9.84 Å². The van der Waals surface area contributed by atoms with Crippen LogP contribution < -0.4 is 5.73 Å². The van der Waals surface area contributed by atoms with Crippen LogP contribution in [0.5, 0.6) is 0 Å². The van der Waals surface area contributed by atoms with Crippen molar-refractivity contribution in [3.63, 3.8) is 0 Å². The molecule has 0 aliphatic carbocycles. The molecule has 0 saturated carbocycles. The molecule has 2 N–H and O–H groups in total. The average Bonchev–Trinajstić information content (AvgIpc) is 2.70. The fourth-order valence-corrected chi connectivity index (χ4v) is 4.55. The Hall–Kier alpha value is -0.460. The highest BCUT2D eigenvalue weighted by molar-refractivity contribution is 7.91. The molecule has 1 fully saturated rings. The van der Waals surface area contributed by atoms with Crippen LogP contribution in [-0.4, -0.2) is 24.9 Å². The Balaban J connectivity index is 2.17. The van der Waals surface area contributed by atoms with Gasteiger partial charge in [-0.2, -0.15) is 0 Å². The van der Waals surface area contributed by atoms with E-state index in [2.05, 4.69) is 4.98 Å². The molecule has 0 radical (unpaired) electrons. The zero-order valence-electron chi connectivity index (χ0n) is 8.51. The van der Waals surface area contributed by atoms with Gasteiger partial charge in [-0.3, -0.25) is 0 Å². The fraction of sp³-hybridized carbons (Fsp3) is 0.667. The molecule has 1 aromatic heterocycles. The molecular weight excluding hydrogens is 232 g/mol. The van der Waals surface area contributed by atoms with Gasteiger partial charge in [0.05, 0.1) is 16.5 Å². The van der Waals surface area contributed by atoms with Crippen molar-refractivity contribution in [2.45, 2.75) is 25.3 Å². The quantitative estimate of drug-likeness (QED) is 0.847. The minimum Gasteiger partial charge on any atom is -0.323 e.